The third-order valence-corrected chi connectivity index (χ3v) is 13.3. The molecular weight excluding hydrogens is 452 g/mol. The fourth-order valence-corrected chi connectivity index (χ4v) is 12.2. The molecule has 7 aliphatic rings. The van der Waals surface area contributed by atoms with Crippen LogP contribution in [0, 0.1) is 11.8 Å². The molecule has 7 fully saturated rings. The zero-order valence-electron chi connectivity index (χ0n) is 15.4. The number of thioether (sulfide) groups is 1. The molecule has 0 unspecified atom stereocenters. The third kappa shape index (κ3) is 1.72. The average Bonchev–Trinajstić information content (AvgIpc) is 3.17. The number of ketones is 2. The number of rotatable bonds is 0. The SMILES string of the molecule is O=C1C[C@H]2SS[C@@]34C[C@@H]1[C@@H]([C@H]2O)N3C(=O)[C@@]12C[C@H]3C(=O)[C@@H](S1)[C@@H](O)[C@H](O)[C@H]3N2C4=O. The average molecular weight is 471 g/mol. The third-order valence-electron chi connectivity index (χ3n) is 8.13. The Bertz CT molecular complexity index is 932. The van der Waals surface area contributed by atoms with Gasteiger partial charge in [-0.25, -0.2) is 0 Å². The lowest BCUT2D eigenvalue weighted by Crippen LogP contribution is -2.74. The van der Waals surface area contributed by atoms with Crippen LogP contribution in [0.1, 0.15) is 19.3 Å². The summed E-state index contributed by atoms with van der Waals surface area (Å²) in [5, 5.41) is 30.9. The number of hydrogen-bond donors (Lipinski definition) is 3. The molecule has 3 N–H and O–H groups in total. The lowest BCUT2D eigenvalue weighted by atomic mass is 9.79. The fourth-order valence-electron chi connectivity index (χ4n) is 6.87. The Balaban J connectivity index is 1.44. The van der Waals surface area contributed by atoms with Crippen LogP contribution >= 0.6 is 33.3 Å². The number of amides is 2. The highest BCUT2D eigenvalue weighted by molar-refractivity contribution is 8.77. The highest BCUT2D eigenvalue weighted by atomic mass is 33.1. The maximum absolute atomic E-state index is 14.1. The summed E-state index contributed by atoms with van der Waals surface area (Å²) in [6.07, 6.45) is -3.10. The number of fused-ring (bicyclic) bond motifs is 3. The Morgan fingerprint density at radius 3 is 2.23 bits per heavy atom. The molecule has 11 atom stereocenters. The smallest absolute Gasteiger partial charge is 0.261 e. The van der Waals surface area contributed by atoms with Gasteiger partial charge in [0.25, 0.3) is 11.8 Å². The van der Waals surface area contributed by atoms with E-state index in [0.717, 1.165) is 11.8 Å². The van der Waals surface area contributed by atoms with Gasteiger partial charge in [0.2, 0.25) is 0 Å². The summed E-state index contributed by atoms with van der Waals surface area (Å²) in [7, 11) is 2.50. The van der Waals surface area contributed by atoms with Crippen molar-refractivity contribution < 1.29 is 34.5 Å². The molecule has 5 saturated heterocycles. The first-order chi connectivity index (χ1) is 14.2. The normalized spacial score (nSPS) is 57.8. The van der Waals surface area contributed by atoms with Crippen LogP contribution in [0.25, 0.3) is 0 Å². The van der Waals surface area contributed by atoms with E-state index in [1.54, 1.807) is 0 Å². The summed E-state index contributed by atoms with van der Waals surface area (Å²) < 4.78 is 0. The van der Waals surface area contributed by atoms with Crippen LogP contribution in [0.3, 0.4) is 0 Å². The van der Waals surface area contributed by atoms with Crippen molar-refractivity contribution in [1.82, 2.24) is 9.80 Å². The van der Waals surface area contributed by atoms with Crippen LogP contribution in [0.5, 0.6) is 0 Å². The van der Waals surface area contributed by atoms with Gasteiger partial charge in [-0.1, -0.05) is 21.6 Å². The van der Waals surface area contributed by atoms with Crippen LogP contribution < -0.4 is 0 Å². The van der Waals surface area contributed by atoms with Gasteiger partial charge in [-0.2, -0.15) is 0 Å². The lowest BCUT2D eigenvalue weighted by molar-refractivity contribution is -0.171. The Morgan fingerprint density at radius 2 is 1.47 bits per heavy atom. The number of Topliss-reactive ketones (excluding diaryl/α,β-unsaturated/α-hetero) is 2. The molecule has 30 heavy (non-hydrogen) atoms. The molecule has 1 spiro atoms. The van der Waals surface area contributed by atoms with Crippen molar-refractivity contribution in [3.05, 3.63) is 0 Å². The van der Waals surface area contributed by atoms with Crippen LogP contribution in [0.2, 0.25) is 0 Å². The van der Waals surface area contributed by atoms with E-state index in [0.29, 0.717) is 0 Å². The van der Waals surface area contributed by atoms with E-state index in [-0.39, 0.29) is 42.0 Å². The minimum atomic E-state index is -1.38. The lowest BCUT2D eigenvalue weighted by Gasteiger charge is -2.53. The van der Waals surface area contributed by atoms with E-state index < -0.39 is 63.1 Å². The van der Waals surface area contributed by atoms with E-state index >= 15 is 0 Å². The minimum Gasteiger partial charge on any atom is -0.390 e. The quantitative estimate of drug-likeness (QED) is 0.353. The molecule has 0 aromatic rings. The van der Waals surface area contributed by atoms with Crippen molar-refractivity contribution in [1.29, 1.82) is 0 Å². The Kier molecular flexibility index (Phi) is 3.37. The first kappa shape index (κ1) is 18.8. The Labute approximate surface area is 182 Å². The van der Waals surface area contributed by atoms with Crippen molar-refractivity contribution >= 4 is 56.7 Å². The molecule has 7 rings (SSSR count). The van der Waals surface area contributed by atoms with Gasteiger partial charge in [-0.15, -0.1) is 11.8 Å². The summed E-state index contributed by atoms with van der Waals surface area (Å²) in [5.41, 5.74) is 0. The molecule has 5 heterocycles. The van der Waals surface area contributed by atoms with E-state index in [9.17, 15) is 34.5 Å². The molecule has 12 heteroatoms. The zero-order chi connectivity index (χ0) is 20.9. The Hall–Kier alpha value is -0.790. The summed E-state index contributed by atoms with van der Waals surface area (Å²) in [4.78, 5) is 53.9. The first-order valence-electron chi connectivity index (χ1n) is 10.0. The van der Waals surface area contributed by atoms with Crippen molar-refractivity contribution in [2.75, 3.05) is 0 Å². The number of carbonyl (C=O) groups excluding carboxylic acids is 4. The summed E-state index contributed by atoms with van der Waals surface area (Å²) in [6, 6.07) is -1.70. The molecule has 6 bridgehead atoms. The fraction of sp³-hybridized carbons (Fsp3) is 0.778. The highest BCUT2D eigenvalue weighted by Gasteiger charge is 2.80. The van der Waals surface area contributed by atoms with Crippen molar-refractivity contribution in [2.24, 2.45) is 11.8 Å². The van der Waals surface area contributed by atoms with Crippen LogP contribution in [-0.4, -0.2) is 99.1 Å². The maximum Gasteiger partial charge on any atom is 0.261 e. The molecular formula is C18H18N2O7S3. The van der Waals surface area contributed by atoms with E-state index in [2.05, 4.69) is 0 Å². The van der Waals surface area contributed by atoms with Gasteiger partial charge in [-0.05, 0) is 0 Å². The molecule has 9 nitrogen and oxygen atoms in total. The number of hydrogen-bond acceptors (Lipinski definition) is 10. The highest BCUT2D eigenvalue weighted by Crippen LogP contribution is 2.68. The van der Waals surface area contributed by atoms with Crippen molar-refractivity contribution in [2.45, 2.75) is 69.9 Å². The number of aliphatic hydroxyl groups excluding tert-OH is 3. The second-order valence-electron chi connectivity index (χ2n) is 9.32. The van der Waals surface area contributed by atoms with Crippen LogP contribution in [0.15, 0.2) is 0 Å². The topological polar surface area (TPSA) is 135 Å². The van der Waals surface area contributed by atoms with Crippen molar-refractivity contribution in [3.8, 4) is 0 Å². The monoisotopic (exact) mass is 470 g/mol. The second-order valence-corrected chi connectivity index (χ2v) is 13.5. The molecule has 2 saturated carbocycles. The molecule has 5 aliphatic heterocycles. The van der Waals surface area contributed by atoms with Gasteiger partial charge in [0, 0.05) is 31.1 Å². The van der Waals surface area contributed by atoms with Crippen LogP contribution in [0.4, 0.5) is 0 Å². The number of aliphatic hydroxyl groups is 3. The molecule has 0 aromatic heterocycles. The van der Waals surface area contributed by atoms with Crippen LogP contribution in [-0.2, 0) is 19.2 Å². The van der Waals surface area contributed by atoms with Gasteiger partial charge < -0.3 is 25.1 Å². The summed E-state index contributed by atoms with van der Waals surface area (Å²) >= 11 is 0.963. The summed E-state index contributed by atoms with van der Waals surface area (Å²) in [6.45, 7) is 0. The van der Waals surface area contributed by atoms with Gasteiger partial charge in [0.05, 0.1) is 28.7 Å². The molecule has 2 aliphatic carbocycles. The summed E-state index contributed by atoms with van der Waals surface area (Å²) in [5.74, 6) is -2.31. The number of nitrogens with zero attached hydrogens (tertiary/aromatic N) is 2. The second kappa shape index (κ2) is 5.40. The largest absolute Gasteiger partial charge is 0.390 e. The first-order valence-corrected chi connectivity index (χ1v) is 13.1. The standard InChI is InChI=1S/C18H18N2O7S3/c21-6-1-7-11(23)8-4(6)2-18(30-29-7)16(27)19-9-5-3-17(19,15(26)20(8)18)28-14(10(5)22)13(25)12(9)24/h4-5,7-9,11-14,23-25H,1-3H2/t4-,5+,7+,8-,9-,11-,12+,13-,14+,17+,18+/m0/s1. The van der Waals surface area contributed by atoms with Gasteiger partial charge in [0.1, 0.15) is 18.0 Å². The van der Waals surface area contributed by atoms with Crippen molar-refractivity contribution in [3.63, 3.8) is 0 Å². The molecule has 2 amide bonds. The molecule has 0 radical (unpaired) electrons. The number of carbonyl (C=O) groups is 4. The number of piperazine rings is 1. The van der Waals surface area contributed by atoms with E-state index in [1.807, 2.05) is 0 Å². The van der Waals surface area contributed by atoms with Gasteiger partial charge >= 0.3 is 0 Å². The predicted octanol–water partition coefficient (Wildman–Crippen LogP) is -1.66. The molecule has 160 valence electrons. The van der Waals surface area contributed by atoms with E-state index in [1.165, 1.54) is 31.4 Å². The van der Waals surface area contributed by atoms with Gasteiger partial charge in [-0.3, -0.25) is 19.2 Å². The predicted molar refractivity (Wildman–Crippen MR) is 106 cm³/mol. The molecule has 0 aromatic carbocycles. The Morgan fingerprint density at radius 1 is 0.833 bits per heavy atom. The van der Waals surface area contributed by atoms with E-state index in [4.69, 9.17) is 0 Å². The maximum atomic E-state index is 14.1. The van der Waals surface area contributed by atoms with Gasteiger partial charge in [0.15, 0.2) is 15.5 Å². The zero-order valence-corrected chi connectivity index (χ0v) is 17.9. The minimum absolute atomic E-state index is 0.0311.